The second kappa shape index (κ2) is 14.9. The number of fused-ring (bicyclic) bond motifs is 1. The Hall–Kier alpha value is -4.01. The van der Waals surface area contributed by atoms with Crippen LogP contribution in [0.5, 0.6) is 0 Å². The summed E-state index contributed by atoms with van der Waals surface area (Å²) >= 11 is 0. The first kappa shape index (κ1) is 33.5. The van der Waals surface area contributed by atoms with Gasteiger partial charge in [0, 0.05) is 6.42 Å². The molecule has 1 aliphatic carbocycles. The molecule has 0 saturated carbocycles. The van der Waals surface area contributed by atoms with E-state index in [0.29, 0.717) is 12.8 Å². The van der Waals surface area contributed by atoms with Gasteiger partial charge in [0.1, 0.15) is 12.2 Å². The van der Waals surface area contributed by atoms with E-state index in [1.165, 1.54) is 0 Å². The van der Waals surface area contributed by atoms with Crippen molar-refractivity contribution in [1.29, 1.82) is 0 Å². The molecule has 43 heavy (non-hydrogen) atoms. The molecule has 9 heteroatoms. The second-order valence-corrected chi connectivity index (χ2v) is 12.6. The van der Waals surface area contributed by atoms with Crippen molar-refractivity contribution in [1.82, 2.24) is 5.32 Å². The fourth-order valence-corrected chi connectivity index (χ4v) is 5.35. The lowest BCUT2D eigenvalue weighted by Crippen LogP contribution is -2.50. The van der Waals surface area contributed by atoms with Crippen LogP contribution in [0.4, 0.5) is 0 Å². The van der Waals surface area contributed by atoms with Crippen molar-refractivity contribution in [2.45, 2.75) is 85.0 Å². The zero-order valence-corrected chi connectivity index (χ0v) is 25.6. The minimum absolute atomic E-state index is 0.00761. The van der Waals surface area contributed by atoms with Crippen molar-refractivity contribution >= 4 is 29.6 Å². The maximum atomic E-state index is 13.8. The van der Waals surface area contributed by atoms with Gasteiger partial charge in [-0.15, -0.1) is 0 Å². The average molecular weight is 594 g/mol. The highest BCUT2D eigenvalue weighted by Gasteiger charge is 2.38. The van der Waals surface area contributed by atoms with Crippen LogP contribution in [-0.4, -0.2) is 46.3 Å². The van der Waals surface area contributed by atoms with Crippen molar-refractivity contribution < 1.29 is 38.6 Å². The fraction of sp³-hybridized carbons (Fsp3) is 0.500. The van der Waals surface area contributed by atoms with Crippen molar-refractivity contribution in [3.63, 3.8) is 0 Å². The van der Waals surface area contributed by atoms with Gasteiger partial charge in [0.15, 0.2) is 5.78 Å². The van der Waals surface area contributed by atoms with Gasteiger partial charge in [-0.2, -0.15) is 0 Å². The zero-order chi connectivity index (χ0) is 31.7. The number of hydrogen-bond donors (Lipinski definition) is 2. The van der Waals surface area contributed by atoms with E-state index in [9.17, 15) is 29.1 Å². The SMILES string of the molecule is CC(C)[C@@H](CC(=O)[C@@H](NC(=O)[C@@H](CC(=O)OCc1ccccc1)CC(=O)OC(C)(C)C)C1Cc2ccccc2C1)C(=O)O. The van der Waals surface area contributed by atoms with Crippen molar-refractivity contribution in [3.05, 3.63) is 71.3 Å². The molecule has 1 amide bonds. The van der Waals surface area contributed by atoms with E-state index in [0.717, 1.165) is 16.7 Å². The van der Waals surface area contributed by atoms with Gasteiger partial charge in [0.2, 0.25) is 5.91 Å². The van der Waals surface area contributed by atoms with Crippen LogP contribution in [0, 0.1) is 23.7 Å². The Morgan fingerprint density at radius 2 is 1.42 bits per heavy atom. The van der Waals surface area contributed by atoms with Crippen LogP contribution >= 0.6 is 0 Å². The summed E-state index contributed by atoms with van der Waals surface area (Å²) in [4.78, 5) is 65.0. The van der Waals surface area contributed by atoms with E-state index < -0.39 is 59.5 Å². The predicted octanol–water partition coefficient (Wildman–Crippen LogP) is 4.68. The number of esters is 2. The second-order valence-electron chi connectivity index (χ2n) is 12.6. The van der Waals surface area contributed by atoms with Crippen molar-refractivity contribution in [2.75, 3.05) is 0 Å². The third-order valence-electron chi connectivity index (χ3n) is 7.60. The number of aliphatic carboxylic acids is 1. The molecule has 0 spiro atoms. The number of Topliss-reactive ketones (excluding diaryl/α,β-unsaturated/α-hetero) is 1. The monoisotopic (exact) mass is 593 g/mol. The van der Waals surface area contributed by atoms with E-state index in [1.54, 1.807) is 46.8 Å². The molecule has 232 valence electrons. The number of nitrogens with one attached hydrogen (secondary N) is 1. The maximum absolute atomic E-state index is 13.8. The first-order valence-electron chi connectivity index (χ1n) is 14.8. The largest absolute Gasteiger partial charge is 0.481 e. The molecule has 0 unspecified atom stereocenters. The molecular formula is C34H43NO8. The topological polar surface area (TPSA) is 136 Å². The van der Waals surface area contributed by atoms with Gasteiger partial charge in [0.05, 0.1) is 30.7 Å². The lowest BCUT2D eigenvalue weighted by Gasteiger charge is -2.28. The predicted molar refractivity (Wildman–Crippen MR) is 160 cm³/mol. The van der Waals surface area contributed by atoms with Gasteiger partial charge in [0.25, 0.3) is 0 Å². The first-order chi connectivity index (χ1) is 20.2. The van der Waals surface area contributed by atoms with Gasteiger partial charge in [-0.3, -0.25) is 24.0 Å². The highest BCUT2D eigenvalue weighted by molar-refractivity contribution is 5.94. The molecule has 2 aromatic rings. The van der Waals surface area contributed by atoms with Crippen LogP contribution in [0.25, 0.3) is 0 Å². The number of ether oxygens (including phenoxy) is 2. The highest BCUT2D eigenvalue weighted by atomic mass is 16.6. The van der Waals surface area contributed by atoms with E-state index in [-0.39, 0.29) is 31.3 Å². The molecule has 1 aliphatic rings. The summed E-state index contributed by atoms with van der Waals surface area (Å²) in [7, 11) is 0. The summed E-state index contributed by atoms with van der Waals surface area (Å²) in [6.07, 6.45) is 0.0252. The summed E-state index contributed by atoms with van der Waals surface area (Å²) in [6.45, 7) is 8.59. The zero-order valence-electron chi connectivity index (χ0n) is 25.6. The van der Waals surface area contributed by atoms with Crippen LogP contribution in [0.3, 0.4) is 0 Å². The van der Waals surface area contributed by atoms with Gasteiger partial charge < -0.3 is 19.9 Å². The standard InChI is InChI=1S/C34H43NO8/c1-21(2)27(33(40)41)19-28(36)31(25-15-23-13-9-10-14-24(23)16-25)35-32(39)26(18-30(38)43-34(3,4)5)17-29(37)42-20-22-11-7-6-8-12-22/h6-14,21,25-27,31H,15-20H2,1-5H3,(H,35,39)(H,40,41)/t26-,27+,31-/m0/s1. The highest BCUT2D eigenvalue weighted by Crippen LogP contribution is 2.31. The van der Waals surface area contributed by atoms with Crippen molar-refractivity contribution in [3.8, 4) is 0 Å². The van der Waals surface area contributed by atoms with Crippen LogP contribution < -0.4 is 5.32 Å². The Labute approximate surface area is 253 Å². The van der Waals surface area contributed by atoms with Crippen molar-refractivity contribution in [2.24, 2.45) is 23.7 Å². The number of hydrogen-bond acceptors (Lipinski definition) is 7. The third-order valence-corrected chi connectivity index (χ3v) is 7.60. The van der Waals surface area contributed by atoms with Gasteiger partial charge in [-0.1, -0.05) is 68.4 Å². The molecule has 0 aliphatic heterocycles. The molecule has 0 heterocycles. The van der Waals surface area contributed by atoms with Gasteiger partial charge >= 0.3 is 17.9 Å². The van der Waals surface area contributed by atoms with Crippen LogP contribution in [-0.2, 0) is 52.9 Å². The Kier molecular flexibility index (Phi) is 11.6. The van der Waals surface area contributed by atoms with E-state index in [1.807, 2.05) is 42.5 Å². The summed E-state index contributed by atoms with van der Waals surface area (Å²) in [5, 5.41) is 12.6. The number of benzene rings is 2. The number of ketones is 1. The first-order valence-corrected chi connectivity index (χ1v) is 14.8. The molecular weight excluding hydrogens is 550 g/mol. The number of carbonyl (C=O) groups excluding carboxylic acids is 4. The lowest BCUT2D eigenvalue weighted by atomic mass is 9.84. The molecule has 0 saturated heterocycles. The minimum atomic E-state index is -1.16. The third kappa shape index (κ3) is 10.3. The summed E-state index contributed by atoms with van der Waals surface area (Å²) in [6, 6.07) is 15.8. The molecule has 3 atom stereocenters. The van der Waals surface area contributed by atoms with Gasteiger partial charge in [-0.05, 0) is 62.1 Å². The maximum Gasteiger partial charge on any atom is 0.307 e. The van der Waals surface area contributed by atoms with Crippen LogP contribution in [0.1, 0.15) is 70.6 Å². The Bertz CT molecular complexity index is 1270. The molecule has 9 nitrogen and oxygen atoms in total. The Morgan fingerprint density at radius 3 is 1.95 bits per heavy atom. The molecule has 3 rings (SSSR count). The smallest absolute Gasteiger partial charge is 0.307 e. The average Bonchev–Trinajstić information content (AvgIpc) is 3.36. The lowest BCUT2D eigenvalue weighted by molar-refractivity contribution is -0.158. The number of carboxylic acid groups (broad SMARTS) is 1. The van der Waals surface area contributed by atoms with Gasteiger partial charge in [-0.25, -0.2) is 0 Å². The minimum Gasteiger partial charge on any atom is -0.481 e. The van der Waals surface area contributed by atoms with Crippen LogP contribution in [0.15, 0.2) is 54.6 Å². The molecule has 2 aromatic carbocycles. The quantitative estimate of drug-likeness (QED) is 0.301. The van der Waals surface area contributed by atoms with E-state index >= 15 is 0 Å². The van der Waals surface area contributed by atoms with Crippen LogP contribution in [0.2, 0.25) is 0 Å². The number of amides is 1. The summed E-state index contributed by atoms with van der Waals surface area (Å²) < 4.78 is 10.8. The Morgan fingerprint density at radius 1 is 0.860 bits per heavy atom. The number of rotatable bonds is 14. The molecule has 2 N–H and O–H groups in total. The van der Waals surface area contributed by atoms with E-state index in [4.69, 9.17) is 9.47 Å². The number of carbonyl (C=O) groups is 5. The summed E-state index contributed by atoms with van der Waals surface area (Å²) in [5.41, 5.74) is 2.09. The molecule has 0 radical (unpaired) electrons. The normalized spacial score (nSPS) is 15.2. The molecule has 0 bridgehead atoms. The summed E-state index contributed by atoms with van der Waals surface area (Å²) in [5.74, 6) is -6.13. The molecule has 0 fully saturated rings. The number of carboxylic acids is 1. The Balaban J connectivity index is 1.82. The van der Waals surface area contributed by atoms with E-state index in [2.05, 4.69) is 5.32 Å². The fourth-order valence-electron chi connectivity index (χ4n) is 5.35. The molecule has 0 aromatic heterocycles.